The molecule has 1 amide bonds. The van der Waals surface area contributed by atoms with Gasteiger partial charge in [0.2, 0.25) is 0 Å². The average Bonchev–Trinajstić information content (AvgIpc) is 2.79. The summed E-state index contributed by atoms with van der Waals surface area (Å²) in [5, 5.41) is 0.336. The number of pyridine rings is 1. The van der Waals surface area contributed by atoms with Gasteiger partial charge in [0.25, 0.3) is 0 Å². The van der Waals surface area contributed by atoms with E-state index in [1.165, 1.54) is 24.5 Å². The molecule has 6 nitrogen and oxygen atoms in total. The number of rotatable bonds is 3. The Kier molecular flexibility index (Phi) is 5.96. The number of anilines is 1. The minimum atomic E-state index is -4.90. The van der Waals surface area contributed by atoms with Gasteiger partial charge in [0, 0.05) is 49.7 Å². The summed E-state index contributed by atoms with van der Waals surface area (Å²) in [4.78, 5) is 27.1. The van der Waals surface area contributed by atoms with Crippen LogP contribution in [0.5, 0.6) is 0 Å². The van der Waals surface area contributed by atoms with Crippen molar-refractivity contribution in [3.63, 3.8) is 0 Å². The Labute approximate surface area is 185 Å². The molecule has 166 valence electrons. The molecule has 3 heterocycles. The largest absolute Gasteiger partial charge is 0.471 e. The molecule has 0 N–H and O–H groups in total. The number of hydrogen-bond donors (Lipinski definition) is 0. The molecule has 1 aliphatic heterocycles. The van der Waals surface area contributed by atoms with E-state index in [-0.39, 0.29) is 26.2 Å². The third-order valence-electron chi connectivity index (χ3n) is 5.04. The van der Waals surface area contributed by atoms with Crippen molar-refractivity contribution in [1.29, 1.82) is 0 Å². The highest BCUT2D eigenvalue weighted by Crippen LogP contribution is 2.34. The van der Waals surface area contributed by atoms with Gasteiger partial charge < -0.3 is 9.80 Å². The van der Waals surface area contributed by atoms with Gasteiger partial charge in [-0.1, -0.05) is 11.6 Å². The molecule has 0 unspecified atom stereocenters. The van der Waals surface area contributed by atoms with E-state index in [0.29, 0.717) is 33.4 Å². The Balaban J connectivity index is 1.67. The van der Waals surface area contributed by atoms with Gasteiger partial charge in [-0.25, -0.2) is 9.37 Å². The molecule has 2 aromatic heterocycles. The highest BCUT2D eigenvalue weighted by atomic mass is 35.5. The number of alkyl halides is 3. The maximum Gasteiger partial charge on any atom is 0.471 e. The first-order chi connectivity index (χ1) is 15.2. The van der Waals surface area contributed by atoms with E-state index >= 15 is 0 Å². The Morgan fingerprint density at radius 3 is 2.28 bits per heavy atom. The van der Waals surface area contributed by atoms with Crippen molar-refractivity contribution in [1.82, 2.24) is 19.9 Å². The van der Waals surface area contributed by atoms with E-state index in [2.05, 4.69) is 15.0 Å². The number of carbonyl (C=O) groups is 1. The molecule has 3 aromatic rings. The fourth-order valence-electron chi connectivity index (χ4n) is 3.42. The summed E-state index contributed by atoms with van der Waals surface area (Å²) in [6, 6.07) is 7.42. The van der Waals surface area contributed by atoms with Crippen LogP contribution in [0.2, 0.25) is 5.02 Å². The summed E-state index contributed by atoms with van der Waals surface area (Å²) in [6.07, 6.45) is -0.394. The smallest absolute Gasteiger partial charge is 0.352 e. The maximum absolute atomic E-state index is 13.4. The lowest BCUT2D eigenvalue weighted by Gasteiger charge is -2.35. The summed E-state index contributed by atoms with van der Waals surface area (Å²) >= 11 is 6.32. The van der Waals surface area contributed by atoms with Crippen LogP contribution >= 0.6 is 11.6 Å². The first kappa shape index (κ1) is 21.9. The van der Waals surface area contributed by atoms with E-state index in [9.17, 15) is 22.4 Å². The van der Waals surface area contributed by atoms with Gasteiger partial charge >= 0.3 is 12.1 Å². The molecule has 32 heavy (non-hydrogen) atoms. The first-order valence-electron chi connectivity index (χ1n) is 9.58. The van der Waals surface area contributed by atoms with E-state index in [4.69, 9.17) is 11.6 Å². The van der Waals surface area contributed by atoms with E-state index in [1.807, 2.05) is 0 Å². The van der Waals surface area contributed by atoms with Gasteiger partial charge in [-0.3, -0.25) is 14.8 Å². The van der Waals surface area contributed by atoms with Crippen molar-refractivity contribution >= 4 is 23.3 Å². The van der Waals surface area contributed by atoms with Crippen LogP contribution in [0.1, 0.15) is 0 Å². The lowest BCUT2D eigenvalue weighted by atomic mass is 10.0. The Morgan fingerprint density at radius 2 is 1.66 bits per heavy atom. The molecular weight excluding hydrogens is 450 g/mol. The standard InChI is InChI=1S/C21H16ClF4N5O/c22-16-11-27-6-5-15(16)19-18(13-1-3-14(23)4-2-13)28-12-17(29-19)30-7-9-31(10-8-30)20(32)21(24,25)26/h1-6,11-12H,7-10H2. The Bertz CT molecular complexity index is 1130. The molecule has 1 fully saturated rings. The van der Waals surface area contributed by atoms with Gasteiger partial charge in [0.1, 0.15) is 17.3 Å². The van der Waals surface area contributed by atoms with Crippen LogP contribution in [-0.2, 0) is 4.79 Å². The zero-order chi connectivity index (χ0) is 22.9. The minimum Gasteiger partial charge on any atom is -0.352 e. The SMILES string of the molecule is O=C(N1CCN(c2cnc(-c3ccc(F)cc3)c(-c3ccncc3Cl)n2)CC1)C(F)(F)F. The number of piperazine rings is 1. The normalized spacial score (nSPS) is 14.5. The minimum absolute atomic E-state index is 0.0922. The highest BCUT2D eigenvalue weighted by Gasteiger charge is 2.43. The molecule has 0 atom stereocenters. The summed E-state index contributed by atoms with van der Waals surface area (Å²) in [7, 11) is 0. The second kappa shape index (κ2) is 8.70. The molecule has 0 spiro atoms. The molecule has 1 saturated heterocycles. The Hall–Kier alpha value is -3.27. The van der Waals surface area contributed by atoms with Crippen LogP contribution < -0.4 is 4.90 Å². The number of amides is 1. The van der Waals surface area contributed by atoms with E-state index in [1.54, 1.807) is 29.3 Å². The molecule has 0 aliphatic carbocycles. The van der Waals surface area contributed by atoms with Crippen LogP contribution in [0.3, 0.4) is 0 Å². The number of nitrogens with zero attached hydrogens (tertiary/aromatic N) is 5. The fourth-order valence-corrected chi connectivity index (χ4v) is 3.63. The molecular formula is C21H16ClF4N5O. The molecule has 1 aromatic carbocycles. The predicted octanol–water partition coefficient (Wildman–Crippen LogP) is 4.21. The van der Waals surface area contributed by atoms with Crippen LogP contribution in [0, 0.1) is 5.82 Å². The number of hydrogen-bond acceptors (Lipinski definition) is 5. The second-order valence-corrected chi connectivity index (χ2v) is 7.47. The molecule has 0 saturated carbocycles. The van der Waals surface area contributed by atoms with Gasteiger partial charge in [-0.15, -0.1) is 0 Å². The van der Waals surface area contributed by atoms with Crippen molar-refractivity contribution in [2.45, 2.75) is 6.18 Å². The molecule has 1 aliphatic rings. The zero-order valence-corrected chi connectivity index (χ0v) is 17.2. The predicted molar refractivity (Wildman–Crippen MR) is 111 cm³/mol. The first-order valence-corrected chi connectivity index (χ1v) is 9.96. The van der Waals surface area contributed by atoms with Crippen LogP contribution in [0.4, 0.5) is 23.4 Å². The summed E-state index contributed by atoms with van der Waals surface area (Å²) in [6.45, 7) is 0.141. The zero-order valence-electron chi connectivity index (χ0n) is 16.5. The fraction of sp³-hybridized carbons (Fsp3) is 0.238. The van der Waals surface area contributed by atoms with Crippen molar-refractivity contribution in [3.8, 4) is 22.5 Å². The molecule has 11 heteroatoms. The number of aromatic nitrogens is 3. The number of carbonyl (C=O) groups excluding carboxylic acids is 1. The Morgan fingerprint density at radius 1 is 0.969 bits per heavy atom. The molecule has 0 radical (unpaired) electrons. The third-order valence-corrected chi connectivity index (χ3v) is 5.34. The van der Waals surface area contributed by atoms with Crippen LogP contribution in [0.25, 0.3) is 22.5 Å². The van der Waals surface area contributed by atoms with E-state index < -0.39 is 17.9 Å². The van der Waals surface area contributed by atoms with Crippen LogP contribution in [0.15, 0.2) is 48.9 Å². The number of benzene rings is 1. The quantitative estimate of drug-likeness (QED) is 0.542. The maximum atomic E-state index is 13.4. The van der Waals surface area contributed by atoms with Gasteiger partial charge in [0.05, 0.1) is 16.9 Å². The third kappa shape index (κ3) is 4.50. The molecule has 4 rings (SSSR count). The molecule has 0 bridgehead atoms. The summed E-state index contributed by atoms with van der Waals surface area (Å²) < 4.78 is 51.5. The van der Waals surface area contributed by atoms with Gasteiger partial charge in [-0.05, 0) is 30.3 Å². The number of halogens is 5. The van der Waals surface area contributed by atoms with Gasteiger partial charge in [-0.2, -0.15) is 13.2 Å². The topological polar surface area (TPSA) is 62.2 Å². The second-order valence-electron chi connectivity index (χ2n) is 7.06. The highest BCUT2D eigenvalue weighted by molar-refractivity contribution is 6.33. The van der Waals surface area contributed by atoms with Crippen molar-refractivity contribution in [3.05, 3.63) is 59.8 Å². The lowest BCUT2D eigenvalue weighted by Crippen LogP contribution is -2.52. The van der Waals surface area contributed by atoms with E-state index in [0.717, 1.165) is 4.90 Å². The van der Waals surface area contributed by atoms with Gasteiger partial charge in [0.15, 0.2) is 0 Å². The monoisotopic (exact) mass is 465 g/mol. The van der Waals surface area contributed by atoms with Crippen molar-refractivity contribution in [2.75, 3.05) is 31.1 Å². The lowest BCUT2D eigenvalue weighted by molar-refractivity contribution is -0.185. The van der Waals surface area contributed by atoms with Crippen molar-refractivity contribution in [2.24, 2.45) is 0 Å². The van der Waals surface area contributed by atoms with Crippen molar-refractivity contribution < 1.29 is 22.4 Å². The average molecular weight is 466 g/mol. The summed E-state index contributed by atoms with van der Waals surface area (Å²) in [5.74, 6) is -1.81. The van der Waals surface area contributed by atoms with Crippen LogP contribution in [-0.4, -0.2) is 58.1 Å². The summed E-state index contributed by atoms with van der Waals surface area (Å²) in [5.41, 5.74) is 2.07.